The van der Waals surface area contributed by atoms with E-state index >= 15 is 0 Å². The fraction of sp³-hybridized carbons (Fsp3) is 0.833. The van der Waals surface area contributed by atoms with Crippen LogP contribution in [0.1, 0.15) is 41.5 Å². The molecular formula is C18H39N6O4P. The molecule has 11 heteroatoms. The lowest BCUT2D eigenvalue weighted by Crippen LogP contribution is -2.46. The van der Waals surface area contributed by atoms with Gasteiger partial charge in [-0.05, 0) is 17.8 Å². The lowest BCUT2D eigenvalue weighted by molar-refractivity contribution is 0.201. The number of carbonyl (C=O) groups is 3. The number of carbonyl (C=O) groups excluding carboxylic acids is 3. The smallest absolute Gasteiger partial charge is 0.315 e. The Morgan fingerprint density at radius 1 is 0.621 bits per heavy atom. The molecule has 0 fully saturated rings. The van der Waals surface area contributed by atoms with Gasteiger partial charge >= 0.3 is 18.1 Å². The fourth-order valence-electron chi connectivity index (χ4n) is 3.04. The second-order valence-corrected chi connectivity index (χ2v) is 11.8. The van der Waals surface area contributed by atoms with Crippen LogP contribution in [-0.4, -0.2) is 71.3 Å². The number of nitrogens with two attached hydrogens (primary N) is 3. The first-order valence-corrected chi connectivity index (χ1v) is 12.1. The van der Waals surface area contributed by atoms with Crippen LogP contribution < -0.4 is 17.2 Å². The number of rotatable bonds is 12. The maximum absolute atomic E-state index is 14.0. The summed E-state index contributed by atoms with van der Waals surface area (Å²) in [5.74, 6) is 0.297. The van der Waals surface area contributed by atoms with Crippen molar-refractivity contribution >= 4 is 25.2 Å². The van der Waals surface area contributed by atoms with Gasteiger partial charge in [-0.15, -0.1) is 0 Å². The molecule has 0 atom stereocenters. The normalized spacial score (nSPS) is 11.8. The standard InChI is InChI=1S/C18H39N6O4P/c1-13(2)7-22(16(19)25)10-29(28,11-23(17(20)26)8-14(3)4)12-24(18(21)27)9-15(5)6/h13-15H,7-12H2,1-6H3,(H2,19,25)(H2,20,26)(H2,21,27). The lowest BCUT2D eigenvalue weighted by Gasteiger charge is -2.35. The molecule has 0 unspecified atom stereocenters. The van der Waals surface area contributed by atoms with Crippen molar-refractivity contribution in [3.8, 4) is 0 Å². The minimum absolute atomic E-state index is 0.0989. The van der Waals surface area contributed by atoms with Gasteiger partial charge in [0.1, 0.15) is 7.14 Å². The zero-order valence-electron chi connectivity index (χ0n) is 18.6. The Labute approximate surface area is 174 Å². The van der Waals surface area contributed by atoms with Crippen LogP contribution in [-0.2, 0) is 4.57 Å². The van der Waals surface area contributed by atoms with Gasteiger partial charge in [0.05, 0.1) is 18.9 Å². The average Bonchev–Trinajstić information content (AvgIpc) is 2.51. The molecule has 10 nitrogen and oxygen atoms in total. The van der Waals surface area contributed by atoms with Crippen molar-refractivity contribution < 1.29 is 18.9 Å². The van der Waals surface area contributed by atoms with Gasteiger partial charge in [-0.2, -0.15) is 0 Å². The van der Waals surface area contributed by atoms with Gasteiger partial charge < -0.3 is 36.5 Å². The van der Waals surface area contributed by atoms with E-state index in [1.54, 1.807) is 0 Å². The van der Waals surface area contributed by atoms with E-state index < -0.39 is 25.2 Å². The van der Waals surface area contributed by atoms with Gasteiger partial charge in [0.2, 0.25) is 0 Å². The lowest BCUT2D eigenvalue weighted by atomic mass is 10.2. The molecule has 0 saturated carbocycles. The highest BCUT2D eigenvalue weighted by Gasteiger charge is 2.34. The third kappa shape index (κ3) is 11.0. The zero-order valence-corrected chi connectivity index (χ0v) is 19.5. The Balaban J connectivity index is 5.91. The molecule has 29 heavy (non-hydrogen) atoms. The highest BCUT2D eigenvalue weighted by atomic mass is 31.2. The van der Waals surface area contributed by atoms with E-state index in [4.69, 9.17) is 17.2 Å². The molecule has 0 aromatic heterocycles. The van der Waals surface area contributed by atoms with Gasteiger partial charge in [0.15, 0.2) is 0 Å². The molecule has 0 bridgehead atoms. The van der Waals surface area contributed by atoms with E-state index in [9.17, 15) is 18.9 Å². The molecule has 0 aliphatic heterocycles. The van der Waals surface area contributed by atoms with Crippen molar-refractivity contribution in [1.82, 2.24) is 14.7 Å². The Hall–Kier alpha value is -1.96. The molecule has 0 heterocycles. The maximum Gasteiger partial charge on any atom is 0.315 e. The van der Waals surface area contributed by atoms with Gasteiger partial charge in [0.25, 0.3) is 0 Å². The second kappa shape index (κ2) is 11.9. The van der Waals surface area contributed by atoms with Crippen molar-refractivity contribution in [2.24, 2.45) is 35.0 Å². The molecule has 0 aliphatic rings. The monoisotopic (exact) mass is 434 g/mol. The molecule has 0 saturated heterocycles. The minimum atomic E-state index is -3.34. The van der Waals surface area contributed by atoms with Crippen molar-refractivity contribution in [2.45, 2.75) is 41.5 Å². The third-order valence-electron chi connectivity index (χ3n) is 3.98. The number of primary amides is 3. The highest BCUT2D eigenvalue weighted by molar-refractivity contribution is 7.63. The van der Waals surface area contributed by atoms with Crippen LogP contribution in [0.4, 0.5) is 14.4 Å². The molecular weight excluding hydrogens is 395 g/mol. The van der Waals surface area contributed by atoms with Gasteiger partial charge in [-0.3, -0.25) is 0 Å². The van der Waals surface area contributed by atoms with Crippen molar-refractivity contribution in [2.75, 3.05) is 38.5 Å². The number of hydrogen-bond donors (Lipinski definition) is 3. The van der Waals surface area contributed by atoms with Crippen LogP contribution in [0.5, 0.6) is 0 Å². The van der Waals surface area contributed by atoms with Crippen LogP contribution in [0, 0.1) is 17.8 Å². The summed E-state index contributed by atoms with van der Waals surface area (Å²) >= 11 is 0. The van der Waals surface area contributed by atoms with E-state index in [2.05, 4.69) is 0 Å². The third-order valence-corrected chi connectivity index (χ3v) is 6.55. The van der Waals surface area contributed by atoms with E-state index in [0.29, 0.717) is 19.6 Å². The molecule has 0 aromatic rings. The van der Waals surface area contributed by atoms with Crippen LogP contribution in [0.25, 0.3) is 0 Å². The van der Waals surface area contributed by atoms with E-state index in [1.165, 1.54) is 14.7 Å². The summed E-state index contributed by atoms with van der Waals surface area (Å²) in [6, 6.07) is -2.12. The molecule has 0 spiro atoms. The number of urea groups is 3. The second-order valence-electron chi connectivity index (χ2n) is 8.85. The number of hydrogen-bond acceptors (Lipinski definition) is 4. The summed E-state index contributed by atoms with van der Waals surface area (Å²) < 4.78 is 14.0. The molecule has 0 aromatic carbocycles. The van der Waals surface area contributed by atoms with Crippen molar-refractivity contribution in [1.29, 1.82) is 0 Å². The predicted molar refractivity (Wildman–Crippen MR) is 116 cm³/mol. The largest absolute Gasteiger partial charge is 0.351 e. The first-order valence-electron chi connectivity index (χ1n) is 9.87. The van der Waals surface area contributed by atoms with Crippen LogP contribution in [0.15, 0.2) is 0 Å². The summed E-state index contributed by atoms with van der Waals surface area (Å²) in [5, 5.41) is 0. The van der Waals surface area contributed by atoms with Gasteiger partial charge in [-0.1, -0.05) is 41.5 Å². The molecule has 0 aliphatic carbocycles. The van der Waals surface area contributed by atoms with Crippen molar-refractivity contribution in [3.63, 3.8) is 0 Å². The first kappa shape index (κ1) is 27.0. The molecule has 6 N–H and O–H groups in total. The summed E-state index contributed by atoms with van der Waals surface area (Å²) in [5.41, 5.74) is 16.5. The maximum atomic E-state index is 14.0. The zero-order chi connectivity index (χ0) is 22.9. The first-order chi connectivity index (χ1) is 13.2. The van der Waals surface area contributed by atoms with E-state index in [-0.39, 0.29) is 36.6 Å². The summed E-state index contributed by atoms with van der Waals surface area (Å²) in [7, 11) is -3.34. The number of nitrogens with zero attached hydrogens (tertiary/aromatic N) is 3. The van der Waals surface area contributed by atoms with Crippen LogP contribution >= 0.6 is 7.14 Å². The predicted octanol–water partition coefficient (Wildman–Crippen LogP) is 2.33. The Morgan fingerprint density at radius 2 is 0.828 bits per heavy atom. The van der Waals surface area contributed by atoms with Gasteiger partial charge in [-0.25, -0.2) is 14.4 Å². The fourth-order valence-corrected chi connectivity index (χ4v) is 5.94. The Bertz CT molecular complexity index is 530. The minimum Gasteiger partial charge on any atom is -0.351 e. The van der Waals surface area contributed by atoms with Crippen LogP contribution in [0.2, 0.25) is 0 Å². The van der Waals surface area contributed by atoms with Crippen LogP contribution in [0.3, 0.4) is 0 Å². The molecule has 170 valence electrons. The summed E-state index contributed by atoms with van der Waals surface area (Å²) in [6.45, 7) is 12.4. The topological polar surface area (TPSA) is 156 Å². The summed E-state index contributed by atoms with van der Waals surface area (Å²) in [4.78, 5) is 39.7. The highest BCUT2D eigenvalue weighted by Crippen LogP contribution is 2.47. The summed E-state index contributed by atoms with van der Waals surface area (Å²) in [6.07, 6.45) is -0.487. The molecule has 0 rings (SSSR count). The Morgan fingerprint density at radius 3 is 0.966 bits per heavy atom. The quantitative estimate of drug-likeness (QED) is 0.403. The van der Waals surface area contributed by atoms with Gasteiger partial charge in [0, 0.05) is 19.6 Å². The average molecular weight is 435 g/mol. The SMILES string of the molecule is CC(C)CN(CP(=O)(CN(CC(C)C)C(N)=O)CN(CC(C)C)C(N)=O)C(N)=O. The molecule has 0 radical (unpaired) electrons. The molecule has 6 amide bonds. The Kier molecular flexibility index (Phi) is 11.1. The van der Waals surface area contributed by atoms with E-state index in [1.807, 2.05) is 41.5 Å². The van der Waals surface area contributed by atoms with Crippen molar-refractivity contribution in [3.05, 3.63) is 0 Å². The van der Waals surface area contributed by atoms with E-state index in [0.717, 1.165) is 0 Å². The number of amides is 6.